The maximum absolute atomic E-state index is 11.2. The largest absolute Gasteiger partial charge is 0.496 e. The van der Waals surface area contributed by atoms with Crippen LogP contribution >= 0.6 is 0 Å². The summed E-state index contributed by atoms with van der Waals surface area (Å²) in [5, 5.41) is 5.46. The summed E-state index contributed by atoms with van der Waals surface area (Å²) in [4.78, 5) is 15.2. The molecule has 1 aliphatic rings. The molecular weight excluding hydrogens is 194 g/mol. The fourth-order valence-electron chi connectivity index (χ4n) is 1.11. The molecule has 1 aliphatic heterocycles. The molecule has 0 aromatic rings. The van der Waals surface area contributed by atoms with Gasteiger partial charge in [-0.1, -0.05) is 6.58 Å². The van der Waals surface area contributed by atoms with E-state index >= 15 is 0 Å². The van der Waals surface area contributed by atoms with Gasteiger partial charge in [-0.15, -0.1) is 0 Å². The first-order valence-electron chi connectivity index (χ1n) is 4.73. The second kappa shape index (κ2) is 5.19. The van der Waals surface area contributed by atoms with E-state index in [1.165, 1.54) is 0 Å². The molecule has 0 fully saturated rings. The topological polar surface area (TPSA) is 62.7 Å². The zero-order valence-electron chi connectivity index (χ0n) is 8.91. The van der Waals surface area contributed by atoms with E-state index < -0.39 is 0 Å². The highest BCUT2D eigenvalue weighted by Gasteiger charge is 2.16. The Bertz CT molecular complexity index is 321. The van der Waals surface area contributed by atoms with E-state index in [1.807, 2.05) is 6.92 Å². The third-order valence-electron chi connectivity index (χ3n) is 1.90. The van der Waals surface area contributed by atoms with Gasteiger partial charge in [0.15, 0.2) is 0 Å². The lowest BCUT2D eigenvalue weighted by molar-refractivity contribution is -0.117. The van der Waals surface area contributed by atoms with E-state index in [-0.39, 0.29) is 11.9 Å². The highest BCUT2D eigenvalue weighted by molar-refractivity contribution is 5.95. The minimum Gasteiger partial charge on any atom is -0.496 e. The minimum absolute atomic E-state index is 0.168. The SMILES string of the molecule is C=C(OCC)C1C=NC(C(=O)NC)=CN1. The van der Waals surface area contributed by atoms with E-state index in [4.69, 9.17) is 4.74 Å². The molecule has 0 saturated heterocycles. The van der Waals surface area contributed by atoms with Crippen LogP contribution in [0.2, 0.25) is 0 Å². The molecule has 82 valence electrons. The van der Waals surface area contributed by atoms with Gasteiger partial charge in [-0.2, -0.15) is 0 Å². The summed E-state index contributed by atoms with van der Waals surface area (Å²) < 4.78 is 5.23. The molecule has 5 nitrogen and oxygen atoms in total. The number of aliphatic imine (C=N–C) groups is 1. The van der Waals surface area contributed by atoms with Crippen molar-refractivity contribution in [2.75, 3.05) is 13.7 Å². The first-order chi connectivity index (χ1) is 7.19. The molecule has 1 atom stereocenters. The summed E-state index contributed by atoms with van der Waals surface area (Å²) in [6, 6.07) is -0.168. The van der Waals surface area contributed by atoms with Crippen LogP contribution in [-0.4, -0.2) is 31.8 Å². The molecule has 0 aromatic carbocycles. The highest BCUT2D eigenvalue weighted by Crippen LogP contribution is 2.06. The van der Waals surface area contributed by atoms with Crippen molar-refractivity contribution in [1.82, 2.24) is 10.6 Å². The monoisotopic (exact) mass is 209 g/mol. The van der Waals surface area contributed by atoms with E-state index in [1.54, 1.807) is 19.5 Å². The van der Waals surface area contributed by atoms with Gasteiger partial charge in [0, 0.05) is 19.5 Å². The number of nitrogens with one attached hydrogen (secondary N) is 2. The fourth-order valence-corrected chi connectivity index (χ4v) is 1.11. The lowest BCUT2D eigenvalue weighted by atomic mass is 10.2. The minimum atomic E-state index is -0.223. The Hall–Kier alpha value is -1.78. The molecule has 1 unspecified atom stereocenters. The van der Waals surface area contributed by atoms with Crippen molar-refractivity contribution in [3.8, 4) is 0 Å². The molecule has 0 aliphatic carbocycles. The second-order valence-electron chi connectivity index (χ2n) is 2.93. The molecule has 5 heteroatoms. The summed E-state index contributed by atoms with van der Waals surface area (Å²) in [6.45, 7) is 6.20. The lowest BCUT2D eigenvalue weighted by Gasteiger charge is -2.19. The standard InChI is InChI=1S/C10H15N3O2/c1-4-15-7(2)8-5-13-9(6-12-8)10(14)11-3/h5-6,8,12H,2,4H2,1,3H3,(H,11,14). The molecule has 0 aromatic heterocycles. The number of nitrogens with zero attached hydrogens (tertiary/aromatic N) is 1. The van der Waals surface area contributed by atoms with Crippen molar-refractivity contribution in [2.24, 2.45) is 4.99 Å². The fraction of sp³-hybridized carbons (Fsp3) is 0.400. The van der Waals surface area contributed by atoms with Gasteiger partial charge in [-0.25, -0.2) is 0 Å². The first-order valence-corrected chi connectivity index (χ1v) is 4.73. The van der Waals surface area contributed by atoms with Crippen LogP contribution in [0.25, 0.3) is 0 Å². The van der Waals surface area contributed by atoms with Crippen molar-refractivity contribution in [1.29, 1.82) is 0 Å². The second-order valence-corrected chi connectivity index (χ2v) is 2.93. The molecular formula is C10H15N3O2. The summed E-state index contributed by atoms with van der Waals surface area (Å²) in [5.74, 6) is 0.368. The maximum Gasteiger partial charge on any atom is 0.271 e. The third-order valence-corrected chi connectivity index (χ3v) is 1.90. The zero-order valence-corrected chi connectivity index (χ0v) is 8.91. The molecule has 2 N–H and O–H groups in total. The number of hydrogen-bond acceptors (Lipinski definition) is 4. The average molecular weight is 209 g/mol. The summed E-state index contributed by atoms with van der Waals surface area (Å²) >= 11 is 0. The van der Waals surface area contributed by atoms with Crippen LogP contribution in [0, 0.1) is 0 Å². The van der Waals surface area contributed by atoms with E-state index in [0.717, 1.165) is 0 Å². The Kier molecular flexibility index (Phi) is 3.91. The number of amides is 1. The number of carbonyl (C=O) groups excluding carboxylic acids is 1. The molecule has 0 saturated carbocycles. The van der Waals surface area contributed by atoms with Crippen molar-refractivity contribution >= 4 is 12.1 Å². The van der Waals surface area contributed by atoms with Crippen LogP contribution in [0.5, 0.6) is 0 Å². The Morgan fingerprint density at radius 1 is 1.80 bits per heavy atom. The van der Waals surface area contributed by atoms with Gasteiger partial charge in [0.2, 0.25) is 0 Å². The first kappa shape index (κ1) is 11.3. The highest BCUT2D eigenvalue weighted by atomic mass is 16.5. The Labute approximate surface area is 88.9 Å². The quantitative estimate of drug-likeness (QED) is 0.649. The van der Waals surface area contributed by atoms with Crippen molar-refractivity contribution in [3.05, 3.63) is 24.2 Å². The van der Waals surface area contributed by atoms with Gasteiger partial charge in [0.05, 0.1) is 6.61 Å². The number of carbonyl (C=O) groups is 1. The number of likely N-dealkylation sites (N-methyl/N-ethyl adjacent to an activating group) is 1. The molecule has 0 radical (unpaired) electrons. The predicted molar refractivity (Wildman–Crippen MR) is 58.3 cm³/mol. The van der Waals surface area contributed by atoms with Gasteiger partial charge < -0.3 is 15.4 Å². The smallest absolute Gasteiger partial charge is 0.271 e. The third kappa shape index (κ3) is 2.83. The van der Waals surface area contributed by atoms with Gasteiger partial charge in [-0.05, 0) is 6.92 Å². The predicted octanol–water partition coefficient (Wildman–Crippen LogP) is 0.167. The van der Waals surface area contributed by atoms with Crippen LogP contribution in [-0.2, 0) is 9.53 Å². The Balaban J connectivity index is 2.56. The van der Waals surface area contributed by atoms with Gasteiger partial charge >= 0.3 is 0 Å². The van der Waals surface area contributed by atoms with E-state index in [9.17, 15) is 4.79 Å². The Morgan fingerprint density at radius 3 is 3.00 bits per heavy atom. The molecule has 1 rings (SSSR count). The average Bonchev–Trinajstić information content (AvgIpc) is 2.28. The summed E-state index contributed by atoms with van der Waals surface area (Å²) in [7, 11) is 1.56. The molecule has 1 heterocycles. The normalized spacial score (nSPS) is 18.8. The van der Waals surface area contributed by atoms with E-state index in [2.05, 4.69) is 22.2 Å². The summed E-state index contributed by atoms with van der Waals surface area (Å²) in [5.41, 5.74) is 0.345. The van der Waals surface area contributed by atoms with Crippen LogP contribution in [0.1, 0.15) is 6.92 Å². The molecule has 15 heavy (non-hydrogen) atoms. The van der Waals surface area contributed by atoms with Crippen LogP contribution in [0.15, 0.2) is 29.2 Å². The molecule has 0 bridgehead atoms. The zero-order chi connectivity index (χ0) is 11.3. The van der Waals surface area contributed by atoms with E-state index in [0.29, 0.717) is 18.1 Å². The number of ether oxygens (including phenoxy) is 1. The van der Waals surface area contributed by atoms with Crippen molar-refractivity contribution in [2.45, 2.75) is 13.0 Å². The van der Waals surface area contributed by atoms with Gasteiger partial charge in [-0.3, -0.25) is 9.79 Å². The maximum atomic E-state index is 11.2. The van der Waals surface area contributed by atoms with Crippen molar-refractivity contribution < 1.29 is 9.53 Å². The molecule has 0 spiro atoms. The lowest BCUT2D eigenvalue weighted by Crippen LogP contribution is -2.34. The Morgan fingerprint density at radius 2 is 2.53 bits per heavy atom. The number of rotatable bonds is 4. The van der Waals surface area contributed by atoms with Crippen LogP contribution in [0.4, 0.5) is 0 Å². The van der Waals surface area contributed by atoms with Crippen LogP contribution in [0.3, 0.4) is 0 Å². The van der Waals surface area contributed by atoms with Crippen molar-refractivity contribution in [3.63, 3.8) is 0 Å². The number of hydrogen-bond donors (Lipinski definition) is 2. The summed E-state index contributed by atoms with van der Waals surface area (Å²) in [6.07, 6.45) is 3.15. The molecule has 1 amide bonds. The van der Waals surface area contributed by atoms with Crippen LogP contribution < -0.4 is 10.6 Å². The van der Waals surface area contributed by atoms with Gasteiger partial charge in [0.1, 0.15) is 17.5 Å². The van der Waals surface area contributed by atoms with Gasteiger partial charge in [0.25, 0.3) is 5.91 Å².